The second-order valence-corrected chi connectivity index (χ2v) is 12.0. The van der Waals surface area contributed by atoms with E-state index in [1.165, 1.54) is 18.3 Å². The number of carbonyl (C=O) groups is 3. The van der Waals surface area contributed by atoms with E-state index < -0.39 is 17.4 Å². The number of anilines is 1. The van der Waals surface area contributed by atoms with Crippen molar-refractivity contribution in [3.8, 4) is 11.3 Å². The van der Waals surface area contributed by atoms with Crippen LogP contribution in [0.1, 0.15) is 76.2 Å². The van der Waals surface area contributed by atoms with Gasteiger partial charge in [-0.1, -0.05) is 35.9 Å². The average molecular weight is 625 g/mol. The molecule has 11 heteroatoms. The van der Waals surface area contributed by atoms with Crippen molar-refractivity contribution in [3.63, 3.8) is 0 Å². The van der Waals surface area contributed by atoms with E-state index in [1.807, 2.05) is 20.8 Å². The first-order valence-corrected chi connectivity index (χ1v) is 14.4. The van der Waals surface area contributed by atoms with Crippen LogP contribution in [-0.4, -0.2) is 45.6 Å². The molecule has 0 saturated carbocycles. The number of hydrogen-bond acceptors (Lipinski definition) is 5. The summed E-state index contributed by atoms with van der Waals surface area (Å²) in [4.78, 5) is 39.8. The van der Waals surface area contributed by atoms with Gasteiger partial charge in [-0.15, -0.1) is 0 Å². The van der Waals surface area contributed by atoms with Gasteiger partial charge in [-0.05, 0) is 93.1 Å². The Labute approximate surface area is 282 Å². The molecule has 44 heavy (non-hydrogen) atoms. The predicted octanol–water partition coefficient (Wildman–Crippen LogP) is 2.74. The maximum absolute atomic E-state index is 13.7. The Hall–Kier alpha value is -3.50. The third-order valence-corrected chi connectivity index (χ3v) is 7.95. The SMILES string of the molecule is CC(C)(C)n1ncc(C(=O)Nc2ccc(Cl)c(C(=O)N3CCC(c4ccc(C(=O)[O-])cc4)CC3)c2)c1-c1ccc(F)cc1.[Na+]. The van der Waals surface area contributed by atoms with Crippen molar-refractivity contribution in [1.82, 2.24) is 14.7 Å². The second kappa shape index (κ2) is 13.6. The Kier molecular flexibility index (Phi) is 10.4. The Balaban J connectivity index is 0.00000442. The minimum Gasteiger partial charge on any atom is -0.545 e. The van der Waals surface area contributed by atoms with Crippen LogP contribution >= 0.6 is 11.6 Å². The number of piperidine rings is 1. The molecule has 8 nitrogen and oxygen atoms in total. The summed E-state index contributed by atoms with van der Waals surface area (Å²) in [5.74, 6) is -2.06. The van der Waals surface area contributed by atoms with Gasteiger partial charge in [0.15, 0.2) is 0 Å². The average Bonchev–Trinajstić information content (AvgIpc) is 3.45. The van der Waals surface area contributed by atoms with E-state index >= 15 is 0 Å². The van der Waals surface area contributed by atoms with E-state index in [2.05, 4.69) is 10.4 Å². The first-order valence-electron chi connectivity index (χ1n) is 14.0. The van der Waals surface area contributed by atoms with E-state index in [0.29, 0.717) is 48.4 Å². The fourth-order valence-electron chi connectivity index (χ4n) is 5.35. The fourth-order valence-corrected chi connectivity index (χ4v) is 5.55. The molecule has 1 aliphatic rings. The summed E-state index contributed by atoms with van der Waals surface area (Å²) in [6.45, 7) is 6.89. The van der Waals surface area contributed by atoms with Gasteiger partial charge in [-0.2, -0.15) is 5.10 Å². The van der Waals surface area contributed by atoms with E-state index in [1.54, 1.807) is 64.2 Å². The molecule has 4 aromatic rings. The number of aromatic nitrogens is 2. The molecule has 1 fully saturated rings. The first kappa shape index (κ1) is 33.4. The molecule has 222 valence electrons. The number of amides is 2. The van der Waals surface area contributed by atoms with E-state index in [0.717, 1.165) is 5.56 Å². The Morgan fingerprint density at radius 1 is 0.955 bits per heavy atom. The third kappa shape index (κ3) is 7.24. The van der Waals surface area contributed by atoms with Crippen LogP contribution in [0.4, 0.5) is 10.1 Å². The molecular weight excluding hydrogens is 594 g/mol. The number of halogens is 2. The van der Waals surface area contributed by atoms with Crippen LogP contribution in [0.15, 0.2) is 72.9 Å². The number of rotatable bonds is 6. The van der Waals surface area contributed by atoms with Crippen molar-refractivity contribution >= 4 is 35.1 Å². The molecule has 1 N–H and O–H groups in total. The van der Waals surface area contributed by atoms with E-state index in [4.69, 9.17) is 11.6 Å². The first-order chi connectivity index (χ1) is 20.4. The van der Waals surface area contributed by atoms with E-state index in [-0.39, 0.29) is 63.3 Å². The largest absolute Gasteiger partial charge is 1.00 e. The van der Waals surface area contributed by atoms with Crippen LogP contribution in [0.5, 0.6) is 0 Å². The van der Waals surface area contributed by atoms with Crippen molar-refractivity contribution in [2.24, 2.45) is 0 Å². The summed E-state index contributed by atoms with van der Waals surface area (Å²) in [7, 11) is 0. The van der Waals surface area contributed by atoms with Crippen molar-refractivity contribution in [3.05, 3.63) is 106 Å². The van der Waals surface area contributed by atoms with Crippen molar-refractivity contribution in [2.75, 3.05) is 18.4 Å². The monoisotopic (exact) mass is 624 g/mol. The van der Waals surface area contributed by atoms with Crippen LogP contribution in [0, 0.1) is 5.82 Å². The molecule has 1 aromatic heterocycles. The van der Waals surface area contributed by atoms with Crippen molar-refractivity contribution in [2.45, 2.75) is 45.1 Å². The number of carboxylic acid groups (broad SMARTS) is 1. The number of carbonyl (C=O) groups excluding carboxylic acids is 3. The molecule has 1 aliphatic heterocycles. The van der Waals surface area contributed by atoms with Gasteiger partial charge in [0, 0.05) is 24.3 Å². The zero-order valence-corrected chi connectivity index (χ0v) is 27.8. The Morgan fingerprint density at radius 3 is 2.18 bits per heavy atom. The summed E-state index contributed by atoms with van der Waals surface area (Å²) in [6.07, 6.45) is 2.92. The number of carboxylic acids is 1. The van der Waals surface area contributed by atoms with Crippen LogP contribution < -0.4 is 40.0 Å². The van der Waals surface area contributed by atoms with Gasteiger partial charge < -0.3 is 20.1 Å². The topological polar surface area (TPSA) is 107 Å². The van der Waals surface area contributed by atoms with Gasteiger partial charge in [0.05, 0.1) is 39.5 Å². The fraction of sp³-hybridized carbons (Fsp3) is 0.273. The summed E-state index contributed by atoms with van der Waals surface area (Å²) in [5.41, 5.74) is 2.88. The maximum Gasteiger partial charge on any atom is 1.00 e. The molecule has 0 unspecified atom stereocenters. The van der Waals surface area contributed by atoms with Gasteiger partial charge in [-0.3, -0.25) is 14.3 Å². The Morgan fingerprint density at radius 2 is 1.59 bits per heavy atom. The third-order valence-electron chi connectivity index (χ3n) is 7.62. The molecule has 3 aromatic carbocycles. The molecule has 1 saturated heterocycles. The number of benzene rings is 3. The zero-order valence-electron chi connectivity index (χ0n) is 25.1. The van der Waals surface area contributed by atoms with Gasteiger partial charge in [0.1, 0.15) is 5.82 Å². The minimum atomic E-state index is -1.21. The van der Waals surface area contributed by atoms with Crippen LogP contribution in [-0.2, 0) is 5.54 Å². The molecule has 2 heterocycles. The van der Waals surface area contributed by atoms with Gasteiger partial charge in [0.2, 0.25) is 0 Å². The Bertz CT molecular complexity index is 1680. The summed E-state index contributed by atoms with van der Waals surface area (Å²) in [5, 5.41) is 18.6. The number of aromatic carboxylic acids is 1. The summed E-state index contributed by atoms with van der Waals surface area (Å²) < 4.78 is 15.4. The van der Waals surface area contributed by atoms with Crippen LogP contribution in [0.25, 0.3) is 11.3 Å². The molecule has 0 radical (unpaired) electrons. The second-order valence-electron chi connectivity index (χ2n) is 11.6. The number of nitrogens with zero attached hydrogens (tertiary/aromatic N) is 3. The molecule has 5 rings (SSSR count). The molecule has 0 bridgehead atoms. The summed E-state index contributed by atoms with van der Waals surface area (Å²) >= 11 is 6.44. The molecule has 0 aliphatic carbocycles. The van der Waals surface area contributed by atoms with Crippen LogP contribution in [0.2, 0.25) is 5.02 Å². The quantitative estimate of drug-likeness (QED) is 0.332. The van der Waals surface area contributed by atoms with Gasteiger partial charge >= 0.3 is 29.6 Å². The van der Waals surface area contributed by atoms with E-state index in [9.17, 15) is 23.9 Å². The molecule has 2 amide bonds. The molecule has 0 spiro atoms. The molecular formula is C33H31ClFN4NaO4. The number of hydrogen-bond donors (Lipinski definition) is 1. The molecule has 0 atom stereocenters. The van der Waals surface area contributed by atoms with Gasteiger partial charge in [-0.25, -0.2) is 4.39 Å². The minimum absolute atomic E-state index is 0. The predicted molar refractivity (Wildman–Crippen MR) is 161 cm³/mol. The zero-order chi connectivity index (χ0) is 30.9. The number of likely N-dealkylation sites (tertiary alicyclic amines) is 1. The number of nitrogens with one attached hydrogen (secondary N) is 1. The summed E-state index contributed by atoms with van der Waals surface area (Å²) in [6, 6.07) is 17.3. The van der Waals surface area contributed by atoms with Gasteiger partial charge in [0.25, 0.3) is 11.8 Å². The van der Waals surface area contributed by atoms with Crippen LogP contribution in [0.3, 0.4) is 0 Å². The maximum atomic E-state index is 13.7. The standard InChI is InChI=1S/C33H32ClFN4O4.Na/c1-33(2,3)39-29(22-8-10-24(35)11-9-22)27(19-36-39)30(40)37-25-12-13-28(34)26(18-25)31(41)38-16-14-21(15-17-38)20-4-6-23(7-5-20)32(42)43;/h4-13,18-19,21H,14-17H2,1-3H3,(H,37,40)(H,42,43);/q;+1/p-1. The van der Waals surface area contributed by atoms with Crippen molar-refractivity contribution < 1.29 is 53.4 Å². The van der Waals surface area contributed by atoms with Crippen molar-refractivity contribution in [1.29, 1.82) is 0 Å². The normalized spacial score (nSPS) is 13.7. The smallest absolute Gasteiger partial charge is 0.545 e.